The first kappa shape index (κ1) is 23.9. The second-order valence-electron chi connectivity index (χ2n) is 9.01. The Bertz CT molecular complexity index is 896. The highest BCUT2D eigenvalue weighted by Gasteiger charge is 2.17. The Labute approximate surface area is 182 Å². The van der Waals surface area contributed by atoms with Gasteiger partial charge in [0.25, 0.3) is 0 Å². The van der Waals surface area contributed by atoms with Gasteiger partial charge in [0.15, 0.2) is 5.78 Å². The molecule has 4 rings (SSSR count). The molecule has 1 unspecified atom stereocenters. The van der Waals surface area contributed by atoms with Crippen LogP contribution >= 0.6 is 0 Å². The molecule has 1 fully saturated rings. The zero-order chi connectivity index (χ0) is 22.1. The molecule has 3 atom stereocenters. The molecule has 2 heterocycles. The summed E-state index contributed by atoms with van der Waals surface area (Å²) in [4.78, 5) is 18.2. The standard InChI is InChI=1S/C10H9NO.C10H20.C6H10N2/c1-7(12)9-3-2-8-4-5-11-10(8)6-9;1-8-4-5-9(2)7-10(3)6-8;1-3-6-7-4-5-8(6)2/h2-6,11H,1H3;8-10H,4-7H2,1-3H3;4-5H,3H2,1-2H3/t;8-,9+,10?;. The van der Waals surface area contributed by atoms with E-state index in [4.69, 9.17) is 0 Å². The SMILES string of the molecule is CC(=O)c1ccc2cc[nH]c2c1.CC1C[C@H](C)CC[C@H](C)C1.CCc1nccn1C. The van der Waals surface area contributed by atoms with E-state index in [2.05, 4.69) is 37.7 Å². The molecule has 0 aliphatic heterocycles. The quantitative estimate of drug-likeness (QED) is 0.373. The number of hydrogen-bond acceptors (Lipinski definition) is 2. The van der Waals surface area contributed by atoms with E-state index in [0.717, 1.165) is 46.5 Å². The van der Waals surface area contributed by atoms with Crippen molar-refractivity contribution >= 4 is 16.7 Å². The monoisotopic (exact) mass is 409 g/mol. The molecule has 1 aliphatic rings. The molecule has 30 heavy (non-hydrogen) atoms. The molecule has 0 bridgehead atoms. The molecule has 0 amide bonds. The molecular formula is C26H39N3O. The van der Waals surface area contributed by atoms with E-state index in [1.165, 1.54) is 25.7 Å². The Balaban J connectivity index is 0.000000164. The number of H-pyrrole nitrogens is 1. The van der Waals surface area contributed by atoms with Gasteiger partial charge >= 0.3 is 0 Å². The third-order valence-electron chi connectivity index (χ3n) is 5.96. The summed E-state index contributed by atoms with van der Waals surface area (Å²) >= 11 is 0. The van der Waals surface area contributed by atoms with Crippen LogP contribution in [-0.4, -0.2) is 20.3 Å². The number of aromatic amines is 1. The van der Waals surface area contributed by atoms with Gasteiger partial charge in [-0.05, 0) is 55.0 Å². The summed E-state index contributed by atoms with van der Waals surface area (Å²) in [5, 5.41) is 1.14. The molecule has 2 aromatic heterocycles. The van der Waals surface area contributed by atoms with Crippen molar-refractivity contribution in [2.75, 3.05) is 0 Å². The molecule has 4 heteroatoms. The normalized spacial score (nSPS) is 21.1. The van der Waals surface area contributed by atoms with Crippen molar-refractivity contribution in [3.8, 4) is 0 Å². The molecule has 0 spiro atoms. The number of hydrogen-bond donors (Lipinski definition) is 1. The third-order valence-corrected chi connectivity index (χ3v) is 5.96. The Kier molecular flexibility index (Phi) is 9.35. The lowest BCUT2D eigenvalue weighted by atomic mass is 9.95. The number of nitrogens with zero attached hydrogens (tertiary/aromatic N) is 2. The number of carbonyl (C=O) groups is 1. The number of carbonyl (C=O) groups excluding carboxylic acids is 1. The summed E-state index contributed by atoms with van der Waals surface area (Å²) in [5.74, 6) is 4.20. The fourth-order valence-electron chi connectivity index (χ4n) is 4.28. The van der Waals surface area contributed by atoms with E-state index in [9.17, 15) is 4.79 Å². The van der Waals surface area contributed by atoms with Crippen molar-refractivity contribution in [1.82, 2.24) is 14.5 Å². The summed E-state index contributed by atoms with van der Waals surface area (Å²) in [6, 6.07) is 7.65. The molecule has 3 aromatic rings. The van der Waals surface area contributed by atoms with Crippen molar-refractivity contribution in [2.24, 2.45) is 24.8 Å². The van der Waals surface area contributed by atoms with Gasteiger partial charge in [0, 0.05) is 43.1 Å². The Morgan fingerprint density at radius 1 is 1.10 bits per heavy atom. The van der Waals surface area contributed by atoms with Gasteiger partial charge in [-0.3, -0.25) is 4.79 Å². The van der Waals surface area contributed by atoms with E-state index >= 15 is 0 Å². The molecular weight excluding hydrogens is 370 g/mol. The minimum atomic E-state index is 0.103. The first-order chi connectivity index (χ1) is 14.3. The molecule has 1 aromatic carbocycles. The number of aryl methyl sites for hydroxylation is 2. The zero-order valence-electron chi connectivity index (χ0n) is 19.6. The van der Waals surface area contributed by atoms with Gasteiger partial charge < -0.3 is 9.55 Å². The molecule has 1 aliphatic carbocycles. The number of imidazole rings is 1. The lowest BCUT2D eigenvalue weighted by Crippen LogP contribution is -1.99. The van der Waals surface area contributed by atoms with Crippen LogP contribution in [0, 0.1) is 17.8 Å². The number of ketones is 1. The molecule has 0 radical (unpaired) electrons. The van der Waals surface area contributed by atoms with Crippen molar-refractivity contribution in [2.45, 2.75) is 66.7 Å². The Hall–Kier alpha value is -2.36. The summed E-state index contributed by atoms with van der Waals surface area (Å²) < 4.78 is 2.03. The van der Waals surface area contributed by atoms with Crippen LogP contribution in [0.15, 0.2) is 42.9 Å². The fraction of sp³-hybridized carbons (Fsp3) is 0.538. The highest BCUT2D eigenvalue weighted by Crippen LogP contribution is 2.30. The van der Waals surface area contributed by atoms with Crippen molar-refractivity contribution in [3.63, 3.8) is 0 Å². The molecule has 164 valence electrons. The Morgan fingerprint density at radius 3 is 2.27 bits per heavy atom. The number of Topliss-reactive ketones (excluding diaryl/α,β-unsaturated/α-hetero) is 1. The highest BCUT2D eigenvalue weighted by molar-refractivity contribution is 5.97. The predicted molar refractivity (Wildman–Crippen MR) is 127 cm³/mol. The van der Waals surface area contributed by atoms with E-state index in [0.29, 0.717) is 0 Å². The van der Waals surface area contributed by atoms with Gasteiger partial charge in [-0.25, -0.2) is 4.98 Å². The maximum absolute atomic E-state index is 11.0. The second-order valence-corrected chi connectivity index (χ2v) is 9.01. The summed E-state index contributed by atoms with van der Waals surface area (Å²) in [6.45, 7) is 10.9. The molecule has 0 saturated heterocycles. The van der Waals surface area contributed by atoms with E-state index in [1.54, 1.807) is 6.92 Å². The summed E-state index contributed by atoms with van der Waals surface area (Å²) in [5.41, 5.74) is 1.77. The van der Waals surface area contributed by atoms with Gasteiger partial charge in [-0.15, -0.1) is 0 Å². The van der Waals surface area contributed by atoms with Gasteiger partial charge in [0.1, 0.15) is 5.82 Å². The lowest BCUT2D eigenvalue weighted by molar-refractivity contribution is 0.101. The second kappa shape index (κ2) is 11.7. The highest BCUT2D eigenvalue weighted by atomic mass is 16.1. The average Bonchev–Trinajstić information content (AvgIpc) is 3.31. The maximum atomic E-state index is 11.0. The van der Waals surface area contributed by atoms with Crippen LogP contribution in [0.4, 0.5) is 0 Å². The first-order valence-corrected chi connectivity index (χ1v) is 11.3. The van der Waals surface area contributed by atoms with Crippen LogP contribution < -0.4 is 0 Å². The van der Waals surface area contributed by atoms with Crippen molar-refractivity contribution in [3.05, 3.63) is 54.2 Å². The van der Waals surface area contributed by atoms with Gasteiger partial charge in [0.2, 0.25) is 0 Å². The van der Waals surface area contributed by atoms with Crippen LogP contribution in [0.2, 0.25) is 0 Å². The fourth-order valence-corrected chi connectivity index (χ4v) is 4.28. The molecule has 4 nitrogen and oxygen atoms in total. The van der Waals surface area contributed by atoms with E-state index < -0.39 is 0 Å². The number of fused-ring (bicyclic) bond motifs is 1. The van der Waals surface area contributed by atoms with E-state index in [1.807, 2.05) is 54.5 Å². The predicted octanol–water partition coefficient (Wildman–Crippen LogP) is 6.82. The van der Waals surface area contributed by atoms with Gasteiger partial charge in [0.05, 0.1) is 0 Å². The number of rotatable bonds is 2. The number of nitrogens with one attached hydrogen (secondary N) is 1. The van der Waals surface area contributed by atoms with Crippen LogP contribution in [0.25, 0.3) is 10.9 Å². The minimum Gasteiger partial charge on any atom is -0.361 e. The third kappa shape index (κ3) is 7.47. The van der Waals surface area contributed by atoms with Crippen LogP contribution in [0.1, 0.15) is 76.5 Å². The summed E-state index contributed by atoms with van der Waals surface area (Å²) in [7, 11) is 2.01. The first-order valence-electron chi connectivity index (χ1n) is 11.3. The van der Waals surface area contributed by atoms with Crippen LogP contribution in [0.5, 0.6) is 0 Å². The zero-order valence-corrected chi connectivity index (χ0v) is 19.6. The number of benzene rings is 1. The van der Waals surface area contributed by atoms with E-state index in [-0.39, 0.29) is 5.78 Å². The van der Waals surface area contributed by atoms with Crippen LogP contribution in [0.3, 0.4) is 0 Å². The Morgan fingerprint density at radius 2 is 1.77 bits per heavy atom. The smallest absolute Gasteiger partial charge is 0.159 e. The molecule has 1 saturated carbocycles. The minimum absolute atomic E-state index is 0.103. The van der Waals surface area contributed by atoms with Crippen molar-refractivity contribution < 1.29 is 4.79 Å². The average molecular weight is 410 g/mol. The number of aromatic nitrogens is 3. The maximum Gasteiger partial charge on any atom is 0.159 e. The lowest BCUT2D eigenvalue weighted by Gasteiger charge is -2.11. The largest absolute Gasteiger partial charge is 0.361 e. The topological polar surface area (TPSA) is 50.7 Å². The van der Waals surface area contributed by atoms with Crippen LogP contribution in [-0.2, 0) is 13.5 Å². The van der Waals surface area contributed by atoms with Crippen molar-refractivity contribution in [1.29, 1.82) is 0 Å². The summed E-state index contributed by atoms with van der Waals surface area (Å²) in [6.07, 6.45) is 12.5. The van der Waals surface area contributed by atoms with Gasteiger partial charge in [-0.2, -0.15) is 0 Å². The van der Waals surface area contributed by atoms with Gasteiger partial charge in [-0.1, -0.05) is 52.7 Å². The molecule has 1 N–H and O–H groups in total.